The van der Waals surface area contributed by atoms with Gasteiger partial charge in [-0.2, -0.15) is 12.6 Å². The molecule has 0 aliphatic rings. The molecule has 1 aromatic rings. The van der Waals surface area contributed by atoms with Crippen LogP contribution in [0, 0.1) is 0 Å². The zero-order valence-corrected chi connectivity index (χ0v) is 15.1. The first-order chi connectivity index (χ1) is 10.2. The van der Waals surface area contributed by atoms with Crippen molar-refractivity contribution in [2.45, 2.75) is 45.1 Å². The number of carbonyl (C=O) groups is 1. The Morgan fingerprint density at radius 3 is 2.32 bits per heavy atom. The molecule has 0 spiro atoms. The van der Waals surface area contributed by atoms with Gasteiger partial charge in [-0.15, -0.1) is 0 Å². The lowest BCUT2D eigenvalue weighted by molar-refractivity contribution is -0.149. The number of ether oxygens (including phenoxy) is 1. The van der Waals surface area contributed by atoms with Gasteiger partial charge in [-0.3, -0.25) is 9.36 Å². The number of thiol groups is 1. The molecule has 0 fully saturated rings. The van der Waals surface area contributed by atoms with E-state index in [0.29, 0.717) is 5.75 Å². The SMILES string of the molecule is CC(S)CP(=O)(NC(C)C(=O)OC(C)C)Oc1ccccc1. The molecule has 1 aromatic carbocycles. The fraction of sp³-hybridized carbons (Fsp3) is 0.533. The van der Waals surface area contributed by atoms with Crippen LogP contribution in [-0.4, -0.2) is 29.5 Å². The van der Waals surface area contributed by atoms with Gasteiger partial charge in [0, 0.05) is 5.25 Å². The van der Waals surface area contributed by atoms with E-state index in [1.807, 2.05) is 13.0 Å². The van der Waals surface area contributed by atoms with Crippen molar-refractivity contribution in [1.29, 1.82) is 0 Å². The van der Waals surface area contributed by atoms with Crippen LogP contribution in [0.3, 0.4) is 0 Å². The van der Waals surface area contributed by atoms with Crippen molar-refractivity contribution in [1.82, 2.24) is 5.09 Å². The van der Waals surface area contributed by atoms with Gasteiger partial charge in [0.25, 0.3) is 0 Å². The Balaban J connectivity index is 2.83. The predicted octanol–water partition coefficient (Wildman–Crippen LogP) is 3.51. The predicted molar refractivity (Wildman–Crippen MR) is 91.8 cm³/mol. The Labute approximate surface area is 137 Å². The van der Waals surface area contributed by atoms with Gasteiger partial charge in [-0.05, 0) is 32.9 Å². The van der Waals surface area contributed by atoms with Gasteiger partial charge in [0.05, 0.1) is 12.3 Å². The molecular weight excluding hydrogens is 321 g/mol. The molecule has 0 saturated heterocycles. The first-order valence-electron chi connectivity index (χ1n) is 7.22. The molecule has 0 radical (unpaired) electrons. The average molecular weight is 345 g/mol. The molecule has 3 atom stereocenters. The summed E-state index contributed by atoms with van der Waals surface area (Å²) in [5.74, 6) is 0.0236. The smallest absolute Gasteiger partial charge is 0.323 e. The number of benzene rings is 1. The largest absolute Gasteiger partial charge is 0.462 e. The molecule has 3 unspecified atom stereocenters. The molecule has 7 heteroatoms. The van der Waals surface area contributed by atoms with Gasteiger partial charge in [0.15, 0.2) is 0 Å². The van der Waals surface area contributed by atoms with E-state index in [1.54, 1.807) is 45.0 Å². The first kappa shape index (κ1) is 19.1. The highest BCUT2D eigenvalue weighted by Gasteiger charge is 2.31. The number of hydrogen-bond donors (Lipinski definition) is 2. The first-order valence-corrected chi connectivity index (χ1v) is 9.54. The maximum Gasteiger partial charge on any atom is 0.323 e. The van der Waals surface area contributed by atoms with Gasteiger partial charge in [0.1, 0.15) is 11.8 Å². The van der Waals surface area contributed by atoms with Crippen molar-refractivity contribution in [2.75, 3.05) is 6.16 Å². The van der Waals surface area contributed by atoms with Crippen molar-refractivity contribution < 1.29 is 18.6 Å². The van der Waals surface area contributed by atoms with Crippen LogP contribution in [0.2, 0.25) is 0 Å². The molecule has 0 aliphatic carbocycles. The number of rotatable bonds is 8. The molecule has 22 heavy (non-hydrogen) atoms. The summed E-state index contributed by atoms with van der Waals surface area (Å²) >= 11 is 4.28. The monoisotopic (exact) mass is 345 g/mol. The van der Waals surface area contributed by atoms with Gasteiger partial charge in [-0.1, -0.05) is 25.1 Å². The summed E-state index contributed by atoms with van der Waals surface area (Å²) in [5, 5.41) is 2.65. The Kier molecular flexibility index (Phi) is 7.46. The Bertz CT molecular complexity index is 522. The number of hydrogen-bond acceptors (Lipinski definition) is 5. The number of nitrogens with one attached hydrogen (secondary N) is 1. The summed E-state index contributed by atoms with van der Waals surface area (Å²) in [7, 11) is -3.28. The lowest BCUT2D eigenvalue weighted by Crippen LogP contribution is -2.37. The van der Waals surface area contributed by atoms with Crippen LogP contribution >= 0.6 is 20.1 Å². The van der Waals surface area contributed by atoms with Crippen molar-refractivity contribution >= 4 is 26.1 Å². The third-order valence-electron chi connectivity index (χ3n) is 2.60. The Hall–Kier alpha value is -0.970. The van der Waals surface area contributed by atoms with E-state index in [-0.39, 0.29) is 17.5 Å². The molecule has 5 nitrogen and oxygen atoms in total. The zero-order chi connectivity index (χ0) is 16.8. The molecule has 1 rings (SSSR count). The van der Waals surface area contributed by atoms with Gasteiger partial charge in [0.2, 0.25) is 0 Å². The van der Waals surface area contributed by atoms with E-state index in [1.165, 1.54) is 0 Å². The van der Waals surface area contributed by atoms with Crippen LogP contribution in [0.25, 0.3) is 0 Å². The van der Waals surface area contributed by atoms with E-state index in [9.17, 15) is 9.36 Å². The summed E-state index contributed by atoms with van der Waals surface area (Å²) in [5.41, 5.74) is 0. The lowest BCUT2D eigenvalue weighted by atomic mass is 10.3. The van der Waals surface area contributed by atoms with Crippen LogP contribution in [0.4, 0.5) is 0 Å². The summed E-state index contributed by atoms with van der Waals surface area (Å²) in [6.07, 6.45) is -0.0282. The summed E-state index contributed by atoms with van der Waals surface area (Å²) in [4.78, 5) is 11.9. The maximum absolute atomic E-state index is 13.0. The zero-order valence-electron chi connectivity index (χ0n) is 13.4. The Morgan fingerprint density at radius 2 is 1.82 bits per heavy atom. The maximum atomic E-state index is 13.0. The summed E-state index contributed by atoms with van der Waals surface area (Å²) in [6.45, 7) is 6.96. The van der Waals surface area contributed by atoms with E-state index < -0.39 is 19.5 Å². The van der Waals surface area contributed by atoms with Crippen LogP contribution in [0.5, 0.6) is 5.75 Å². The van der Waals surface area contributed by atoms with Crippen molar-refractivity contribution in [3.05, 3.63) is 30.3 Å². The lowest BCUT2D eigenvalue weighted by Gasteiger charge is -2.25. The summed E-state index contributed by atoms with van der Waals surface area (Å²) < 4.78 is 23.7. The molecule has 0 heterocycles. The summed E-state index contributed by atoms with van der Waals surface area (Å²) in [6, 6.07) is 8.13. The molecule has 1 N–H and O–H groups in total. The third kappa shape index (κ3) is 6.86. The highest BCUT2D eigenvalue weighted by Crippen LogP contribution is 2.44. The average Bonchev–Trinajstić information content (AvgIpc) is 2.37. The fourth-order valence-corrected chi connectivity index (χ4v) is 4.53. The third-order valence-corrected chi connectivity index (χ3v) is 5.38. The highest BCUT2D eigenvalue weighted by atomic mass is 32.1. The second kappa shape index (κ2) is 8.61. The van der Waals surface area contributed by atoms with E-state index in [2.05, 4.69) is 17.7 Å². The molecule has 0 amide bonds. The van der Waals surface area contributed by atoms with Gasteiger partial charge in [-0.25, -0.2) is 5.09 Å². The molecule has 0 saturated carbocycles. The number of para-hydroxylation sites is 1. The van der Waals surface area contributed by atoms with Crippen LogP contribution in [0.1, 0.15) is 27.7 Å². The van der Waals surface area contributed by atoms with Crippen LogP contribution in [0.15, 0.2) is 30.3 Å². The second-order valence-corrected chi connectivity index (χ2v) is 8.48. The van der Waals surface area contributed by atoms with E-state index in [0.717, 1.165) is 0 Å². The molecule has 0 bridgehead atoms. The van der Waals surface area contributed by atoms with E-state index in [4.69, 9.17) is 9.26 Å². The standard InChI is InChI=1S/C15H24NO4PS/c1-11(2)19-15(17)13(4)16-21(18,10-12(3)22)20-14-8-6-5-7-9-14/h5-9,11-13,22H,10H2,1-4H3,(H,16,18). The molecule has 0 aromatic heterocycles. The minimum atomic E-state index is -3.28. The Morgan fingerprint density at radius 1 is 1.23 bits per heavy atom. The second-order valence-electron chi connectivity index (χ2n) is 5.45. The van der Waals surface area contributed by atoms with Gasteiger partial charge < -0.3 is 9.26 Å². The minimum absolute atomic E-state index is 0.143. The van der Waals surface area contributed by atoms with Crippen molar-refractivity contribution in [3.63, 3.8) is 0 Å². The van der Waals surface area contributed by atoms with Crippen LogP contribution < -0.4 is 9.61 Å². The highest BCUT2D eigenvalue weighted by molar-refractivity contribution is 7.81. The molecule has 0 aliphatic heterocycles. The number of carbonyl (C=O) groups excluding carboxylic acids is 1. The fourth-order valence-electron chi connectivity index (χ4n) is 1.80. The van der Waals surface area contributed by atoms with Gasteiger partial charge >= 0.3 is 13.5 Å². The quantitative estimate of drug-likeness (QED) is 0.429. The molecular formula is C15H24NO4PS. The molecule has 124 valence electrons. The van der Waals surface area contributed by atoms with Crippen LogP contribution in [-0.2, 0) is 14.1 Å². The van der Waals surface area contributed by atoms with Crippen molar-refractivity contribution in [2.24, 2.45) is 0 Å². The normalized spacial score (nSPS) is 16.6. The topological polar surface area (TPSA) is 64.6 Å². The van der Waals surface area contributed by atoms with Crippen molar-refractivity contribution in [3.8, 4) is 5.75 Å². The minimum Gasteiger partial charge on any atom is -0.462 e. The van der Waals surface area contributed by atoms with E-state index >= 15 is 0 Å². The number of esters is 1.